The number of nitrogens with zero attached hydrogens (tertiary/aromatic N) is 2. The van der Waals surface area contributed by atoms with Gasteiger partial charge in [-0.15, -0.1) is 0 Å². The highest BCUT2D eigenvalue weighted by Gasteiger charge is 2.30. The fourth-order valence-electron chi connectivity index (χ4n) is 5.42. The molecule has 2 bridgehead atoms. The SMILES string of the molecule is CC(C)Cc1cc2c(oc3ccccc32)c2c1N1CCN=C1c1cccc(c1)C(C)C2. The number of fused-ring (bicyclic) bond motifs is 10. The molecule has 1 aromatic heterocycles. The van der Waals surface area contributed by atoms with Crippen molar-refractivity contribution < 1.29 is 4.42 Å². The minimum atomic E-state index is 0.407. The summed E-state index contributed by atoms with van der Waals surface area (Å²) < 4.78 is 6.54. The van der Waals surface area contributed by atoms with Gasteiger partial charge in [-0.1, -0.05) is 57.2 Å². The second-order valence-corrected chi connectivity index (χ2v) is 9.52. The normalized spacial score (nSPS) is 18.0. The first kappa shape index (κ1) is 18.7. The first-order valence-electron chi connectivity index (χ1n) is 11.5. The molecule has 156 valence electrons. The van der Waals surface area contributed by atoms with Crippen LogP contribution in [-0.4, -0.2) is 18.9 Å². The molecule has 0 saturated heterocycles. The summed E-state index contributed by atoms with van der Waals surface area (Å²) in [4.78, 5) is 7.42. The predicted octanol–water partition coefficient (Wildman–Crippen LogP) is 6.71. The molecule has 3 aromatic carbocycles. The van der Waals surface area contributed by atoms with Gasteiger partial charge in [0.1, 0.15) is 17.0 Å². The van der Waals surface area contributed by atoms with Gasteiger partial charge in [-0.2, -0.15) is 0 Å². The van der Waals surface area contributed by atoms with Crippen LogP contribution >= 0.6 is 0 Å². The summed E-state index contributed by atoms with van der Waals surface area (Å²) in [6.07, 6.45) is 2.01. The number of hydrogen-bond acceptors (Lipinski definition) is 3. The van der Waals surface area contributed by atoms with Crippen LogP contribution in [0.2, 0.25) is 0 Å². The smallest absolute Gasteiger partial charge is 0.140 e. The lowest BCUT2D eigenvalue weighted by Crippen LogP contribution is -2.30. The van der Waals surface area contributed by atoms with Gasteiger partial charge in [-0.05, 0) is 54.0 Å². The van der Waals surface area contributed by atoms with Crippen LogP contribution in [0.3, 0.4) is 0 Å². The third kappa shape index (κ3) is 2.90. The molecule has 31 heavy (non-hydrogen) atoms. The molecule has 0 N–H and O–H groups in total. The van der Waals surface area contributed by atoms with Crippen molar-refractivity contribution in [3.63, 3.8) is 0 Å². The number of amidine groups is 1. The van der Waals surface area contributed by atoms with Gasteiger partial charge in [0.15, 0.2) is 0 Å². The minimum absolute atomic E-state index is 0.407. The van der Waals surface area contributed by atoms with Gasteiger partial charge < -0.3 is 9.32 Å². The third-order valence-corrected chi connectivity index (χ3v) is 6.78. The summed E-state index contributed by atoms with van der Waals surface area (Å²) in [6.45, 7) is 8.73. The molecule has 2 aliphatic heterocycles. The number of aliphatic imine (C=N–C) groups is 1. The molecule has 0 aliphatic carbocycles. The van der Waals surface area contributed by atoms with Gasteiger partial charge in [0, 0.05) is 28.4 Å². The van der Waals surface area contributed by atoms with Crippen LogP contribution in [0.15, 0.2) is 64.0 Å². The summed E-state index contributed by atoms with van der Waals surface area (Å²) in [5.74, 6) is 2.09. The maximum Gasteiger partial charge on any atom is 0.140 e. The number of anilines is 1. The Balaban J connectivity index is 1.72. The summed E-state index contributed by atoms with van der Waals surface area (Å²) in [7, 11) is 0. The van der Waals surface area contributed by atoms with E-state index in [-0.39, 0.29) is 0 Å². The van der Waals surface area contributed by atoms with Crippen molar-refractivity contribution in [2.24, 2.45) is 10.9 Å². The fourth-order valence-corrected chi connectivity index (χ4v) is 5.42. The Bertz CT molecular complexity index is 1340. The quantitative estimate of drug-likeness (QED) is 0.369. The molecule has 3 heteroatoms. The van der Waals surface area contributed by atoms with E-state index >= 15 is 0 Å². The highest BCUT2D eigenvalue weighted by atomic mass is 16.3. The molecular weight excluding hydrogens is 380 g/mol. The van der Waals surface area contributed by atoms with Crippen molar-refractivity contribution in [3.05, 3.63) is 76.9 Å². The summed E-state index contributed by atoms with van der Waals surface area (Å²) in [5.41, 5.74) is 8.73. The average Bonchev–Trinajstić information content (AvgIpc) is 3.38. The number of furan rings is 1. The van der Waals surface area contributed by atoms with Crippen LogP contribution < -0.4 is 4.90 Å². The summed E-state index contributed by atoms with van der Waals surface area (Å²) in [5, 5.41) is 2.47. The number of rotatable bonds is 2. The first-order chi connectivity index (χ1) is 15.1. The van der Waals surface area contributed by atoms with E-state index in [1.54, 1.807) is 0 Å². The molecule has 0 radical (unpaired) electrons. The first-order valence-corrected chi connectivity index (χ1v) is 11.5. The van der Waals surface area contributed by atoms with E-state index in [1.165, 1.54) is 38.7 Å². The van der Waals surface area contributed by atoms with Gasteiger partial charge in [0.2, 0.25) is 0 Å². The van der Waals surface area contributed by atoms with Crippen LogP contribution in [0.1, 0.15) is 48.9 Å². The highest BCUT2D eigenvalue weighted by molar-refractivity contribution is 6.14. The highest BCUT2D eigenvalue weighted by Crippen LogP contribution is 2.43. The van der Waals surface area contributed by atoms with E-state index in [1.807, 2.05) is 0 Å². The molecule has 1 atom stereocenters. The Morgan fingerprint density at radius 1 is 1.06 bits per heavy atom. The molecule has 0 fully saturated rings. The van der Waals surface area contributed by atoms with Crippen molar-refractivity contribution in [3.8, 4) is 0 Å². The van der Waals surface area contributed by atoms with Crippen molar-refractivity contribution in [2.75, 3.05) is 18.0 Å². The van der Waals surface area contributed by atoms with E-state index in [2.05, 4.69) is 80.3 Å². The zero-order chi connectivity index (χ0) is 21.1. The van der Waals surface area contributed by atoms with E-state index < -0.39 is 0 Å². The second-order valence-electron chi connectivity index (χ2n) is 9.52. The van der Waals surface area contributed by atoms with Crippen LogP contribution in [0.25, 0.3) is 21.9 Å². The lowest BCUT2D eigenvalue weighted by Gasteiger charge is -2.27. The Morgan fingerprint density at radius 3 is 2.81 bits per heavy atom. The summed E-state index contributed by atoms with van der Waals surface area (Å²) >= 11 is 0. The Labute approximate surface area is 183 Å². The summed E-state index contributed by atoms with van der Waals surface area (Å²) in [6, 6.07) is 19.8. The second kappa shape index (κ2) is 6.98. The predicted molar refractivity (Wildman–Crippen MR) is 130 cm³/mol. The topological polar surface area (TPSA) is 28.7 Å². The van der Waals surface area contributed by atoms with E-state index in [0.29, 0.717) is 11.8 Å². The van der Waals surface area contributed by atoms with Crippen molar-refractivity contribution in [1.29, 1.82) is 0 Å². The van der Waals surface area contributed by atoms with Crippen LogP contribution in [-0.2, 0) is 12.8 Å². The van der Waals surface area contributed by atoms with E-state index in [4.69, 9.17) is 9.41 Å². The van der Waals surface area contributed by atoms with Crippen molar-refractivity contribution in [1.82, 2.24) is 0 Å². The fraction of sp³-hybridized carbons (Fsp3) is 0.321. The number of hydrogen-bond donors (Lipinski definition) is 0. The maximum absolute atomic E-state index is 6.54. The zero-order valence-electron chi connectivity index (χ0n) is 18.5. The molecule has 1 unspecified atom stereocenters. The van der Waals surface area contributed by atoms with Crippen LogP contribution in [0, 0.1) is 5.92 Å². The van der Waals surface area contributed by atoms with E-state index in [9.17, 15) is 0 Å². The van der Waals surface area contributed by atoms with Crippen molar-refractivity contribution in [2.45, 2.75) is 39.5 Å². The minimum Gasteiger partial charge on any atom is -0.456 e. The molecule has 0 saturated carbocycles. The molecule has 3 nitrogen and oxygen atoms in total. The molecular formula is C28H28N2O. The monoisotopic (exact) mass is 408 g/mol. The molecule has 0 amide bonds. The maximum atomic E-state index is 6.54. The lowest BCUT2D eigenvalue weighted by molar-refractivity contribution is 0.640. The Hall–Kier alpha value is -3.07. The largest absolute Gasteiger partial charge is 0.456 e. The third-order valence-electron chi connectivity index (χ3n) is 6.78. The standard InChI is InChI=1S/C28H28N2O/c1-17(2)13-21-16-23-22-9-4-5-10-25(22)31-27(23)24-14-18(3)19-7-6-8-20(15-19)28-29-11-12-30(28)26(21)24/h4-10,15-18H,11-14H2,1-3H3. The molecule has 4 aromatic rings. The van der Waals surface area contributed by atoms with Gasteiger partial charge in [-0.25, -0.2) is 0 Å². The van der Waals surface area contributed by atoms with E-state index in [0.717, 1.165) is 42.9 Å². The molecule has 2 aliphatic rings. The van der Waals surface area contributed by atoms with Gasteiger partial charge >= 0.3 is 0 Å². The van der Waals surface area contributed by atoms with Gasteiger partial charge in [0.25, 0.3) is 0 Å². The van der Waals surface area contributed by atoms with Crippen LogP contribution in [0.4, 0.5) is 5.69 Å². The Morgan fingerprint density at radius 2 is 1.94 bits per heavy atom. The molecule has 0 spiro atoms. The van der Waals surface area contributed by atoms with Crippen molar-refractivity contribution >= 4 is 33.5 Å². The van der Waals surface area contributed by atoms with Gasteiger partial charge in [0.05, 0.1) is 12.2 Å². The number of benzene rings is 3. The molecule has 3 heterocycles. The Kier molecular flexibility index (Phi) is 4.21. The van der Waals surface area contributed by atoms with Gasteiger partial charge in [-0.3, -0.25) is 4.99 Å². The molecule has 6 rings (SSSR count). The zero-order valence-corrected chi connectivity index (χ0v) is 18.5. The number of para-hydroxylation sites is 1. The lowest BCUT2D eigenvalue weighted by atomic mass is 9.88. The average molecular weight is 409 g/mol. The van der Waals surface area contributed by atoms with Crippen LogP contribution in [0.5, 0.6) is 0 Å².